The van der Waals surface area contributed by atoms with Gasteiger partial charge in [0.1, 0.15) is 5.82 Å². The Morgan fingerprint density at radius 2 is 1.64 bits per heavy atom. The fraction of sp³-hybridized carbons (Fsp3) is 0.130. The number of anilines is 1. The smallest absolute Gasteiger partial charge is 0.341 e. The number of carbonyl (C=O) groups is 2. The van der Waals surface area contributed by atoms with Gasteiger partial charge in [0.2, 0.25) is 0 Å². The maximum Gasteiger partial charge on any atom is 0.341 e. The van der Waals surface area contributed by atoms with Crippen LogP contribution >= 0.6 is 0 Å². The van der Waals surface area contributed by atoms with Crippen molar-refractivity contribution in [2.75, 3.05) is 11.5 Å². The zero-order chi connectivity index (χ0) is 19.9. The van der Waals surface area contributed by atoms with Crippen LogP contribution in [-0.4, -0.2) is 18.5 Å². The summed E-state index contributed by atoms with van der Waals surface area (Å²) in [6.07, 6.45) is 0. The van der Waals surface area contributed by atoms with E-state index in [9.17, 15) is 14.0 Å². The van der Waals surface area contributed by atoms with Crippen molar-refractivity contribution < 1.29 is 18.7 Å². The Morgan fingerprint density at radius 3 is 2.36 bits per heavy atom. The predicted molar refractivity (Wildman–Crippen MR) is 105 cm³/mol. The van der Waals surface area contributed by atoms with Crippen molar-refractivity contribution >= 4 is 17.6 Å². The van der Waals surface area contributed by atoms with Crippen LogP contribution in [0.4, 0.5) is 10.1 Å². The van der Waals surface area contributed by atoms with E-state index in [4.69, 9.17) is 4.74 Å². The molecule has 0 aliphatic carbocycles. The number of esters is 1. The minimum atomic E-state index is -0.865. The van der Waals surface area contributed by atoms with Crippen LogP contribution in [-0.2, 0) is 16.1 Å². The lowest BCUT2D eigenvalue weighted by molar-refractivity contribution is -0.121. The van der Waals surface area contributed by atoms with Gasteiger partial charge in [-0.05, 0) is 42.3 Å². The zero-order valence-corrected chi connectivity index (χ0v) is 15.5. The molecule has 0 saturated heterocycles. The van der Waals surface area contributed by atoms with E-state index in [0.717, 1.165) is 11.1 Å². The van der Waals surface area contributed by atoms with Gasteiger partial charge in [-0.15, -0.1) is 0 Å². The topological polar surface area (TPSA) is 46.6 Å². The number of carbonyl (C=O) groups excluding carboxylic acids is 2. The molecular formula is C23H20FNO3. The molecule has 142 valence electrons. The van der Waals surface area contributed by atoms with Crippen LogP contribution in [0.2, 0.25) is 0 Å². The van der Waals surface area contributed by atoms with E-state index in [1.807, 2.05) is 61.5 Å². The van der Waals surface area contributed by atoms with Crippen molar-refractivity contribution in [1.82, 2.24) is 0 Å². The molecule has 1 amide bonds. The first-order valence-corrected chi connectivity index (χ1v) is 8.87. The summed E-state index contributed by atoms with van der Waals surface area (Å²) in [7, 11) is 0. The summed E-state index contributed by atoms with van der Waals surface area (Å²) < 4.78 is 18.8. The van der Waals surface area contributed by atoms with E-state index in [1.165, 1.54) is 24.3 Å². The number of hydrogen-bond donors (Lipinski definition) is 0. The highest BCUT2D eigenvalue weighted by molar-refractivity contribution is 5.97. The summed E-state index contributed by atoms with van der Waals surface area (Å²) in [6.45, 7) is 1.79. The lowest BCUT2D eigenvalue weighted by atomic mass is 10.1. The molecule has 0 radical (unpaired) electrons. The summed E-state index contributed by atoms with van der Waals surface area (Å²) in [4.78, 5) is 26.5. The molecule has 3 aromatic rings. The maximum atomic E-state index is 13.7. The second-order valence-corrected chi connectivity index (χ2v) is 6.36. The molecule has 0 N–H and O–H groups in total. The number of aryl methyl sites for hydroxylation is 1. The average molecular weight is 377 g/mol. The highest BCUT2D eigenvalue weighted by Crippen LogP contribution is 2.19. The summed E-state index contributed by atoms with van der Waals surface area (Å²) in [5.41, 5.74) is 2.46. The van der Waals surface area contributed by atoms with Crippen LogP contribution in [0.25, 0.3) is 0 Å². The Morgan fingerprint density at radius 1 is 0.929 bits per heavy atom. The minimum absolute atomic E-state index is 0.194. The van der Waals surface area contributed by atoms with Crippen LogP contribution in [0.3, 0.4) is 0 Å². The Hall–Kier alpha value is -3.47. The van der Waals surface area contributed by atoms with Gasteiger partial charge in [-0.2, -0.15) is 0 Å². The second-order valence-electron chi connectivity index (χ2n) is 6.36. The summed E-state index contributed by atoms with van der Waals surface area (Å²) in [5.74, 6) is -1.94. The molecule has 0 fully saturated rings. The molecular weight excluding hydrogens is 357 g/mol. The Kier molecular flexibility index (Phi) is 6.17. The number of rotatable bonds is 6. The molecule has 3 aromatic carbocycles. The van der Waals surface area contributed by atoms with E-state index >= 15 is 0 Å². The van der Waals surface area contributed by atoms with Gasteiger partial charge in [0.05, 0.1) is 12.1 Å². The fourth-order valence-electron chi connectivity index (χ4n) is 2.80. The maximum absolute atomic E-state index is 13.7. The van der Waals surface area contributed by atoms with Gasteiger partial charge in [0.25, 0.3) is 5.91 Å². The number of halogens is 1. The Bertz CT molecular complexity index is 972. The summed E-state index contributed by atoms with van der Waals surface area (Å²) in [6, 6.07) is 22.6. The lowest BCUT2D eigenvalue weighted by Crippen LogP contribution is -2.34. The molecule has 0 aliphatic rings. The standard InChI is InChI=1S/C23H20FNO3/c1-17-8-7-11-19(14-17)25(15-18-9-3-2-4-10-18)22(26)16-28-23(27)20-12-5-6-13-21(20)24/h2-14H,15-16H2,1H3. The molecule has 5 heteroatoms. The van der Waals surface area contributed by atoms with E-state index in [1.54, 1.807) is 4.90 Å². The quantitative estimate of drug-likeness (QED) is 0.593. The minimum Gasteiger partial charge on any atom is -0.452 e. The molecule has 28 heavy (non-hydrogen) atoms. The number of nitrogens with zero attached hydrogens (tertiary/aromatic N) is 1. The third-order valence-corrected chi connectivity index (χ3v) is 4.22. The normalized spacial score (nSPS) is 10.4. The van der Waals surface area contributed by atoms with E-state index in [-0.39, 0.29) is 11.5 Å². The molecule has 3 rings (SSSR count). The molecule has 0 atom stereocenters. The first-order chi connectivity index (χ1) is 13.5. The van der Waals surface area contributed by atoms with Crippen LogP contribution in [0, 0.1) is 12.7 Å². The highest BCUT2D eigenvalue weighted by atomic mass is 19.1. The van der Waals surface area contributed by atoms with Gasteiger partial charge in [-0.3, -0.25) is 4.79 Å². The van der Waals surface area contributed by atoms with Gasteiger partial charge in [-0.25, -0.2) is 9.18 Å². The first-order valence-electron chi connectivity index (χ1n) is 8.87. The van der Waals surface area contributed by atoms with Gasteiger partial charge < -0.3 is 9.64 Å². The van der Waals surface area contributed by atoms with Crippen molar-refractivity contribution in [2.45, 2.75) is 13.5 Å². The monoisotopic (exact) mass is 377 g/mol. The number of benzene rings is 3. The molecule has 0 spiro atoms. The lowest BCUT2D eigenvalue weighted by Gasteiger charge is -2.23. The molecule has 0 aromatic heterocycles. The largest absolute Gasteiger partial charge is 0.452 e. The van der Waals surface area contributed by atoms with Crippen LogP contribution in [0.5, 0.6) is 0 Å². The van der Waals surface area contributed by atoms with Crippen LogP contribution < -0.4 is 4.90 Å². The van der Waals surface area contributed by atoms with E-state index < -0.39 is 18.4 Å². The molecule has 0 aliphatic heterocycles. The fourth-order valence-corrected chi connectivity index (χ4v) is 2.80. The highest BCUT2D eigenvalue weighted by Gasteiger charge is 2.20. The number of amides is 1. The molecule has 0 saturated carbocycles. The predicted octanol–water partition coefficient (Wildman–Crippen LogP) is 4.52. The Labute approximate surface area is 163 Å². The number of hydrogen-bond acceptors (Lipinski definition) is 3. The zero-order valence-electron chi connectivity index (χ0n) is 15.5. The van der Waals surface area contributed by atoms with E-state index in [0.29, 0.717) is 12.2 Å². The van der Waals surface area contributed by atoms with Gasteiger partial charge in [0, 0.05) is 5.69 Å². The van der Waals surface area contributed by atoms with Crippen molar-refractivity contribution in [2.24, 2.45) is 0 Å². The molecule has 0 bridgehead atoms. The Balaban J connectivity index is 1.76. The van der Waals surface area contributed by atoms with Crippen molar-refractivity contribution in [1.29, 1.82) is 0 Å². The van der Waals surface area contributed by atoms with E-state index in [2.05, 4.69) is 0 Å². The van der Waals surface area contributed by atoms with Gasteiger partial charge in [-0.1, -0.05) is 54.6 Å². The third kappa shape index (κ3) is 4.82. The average Bonchev–Trinajstić information content (AvgIpc) is 2.71. The summed E-state index contributed by atoms with van der Waals surface area (Å²) in [5, 5.41) is 0. The number of ether oxygens (including phenoxy) is 1. The van der Waals surface area contributed by atoms with Gasteiger partial charge >= 0.3 is 5.97 Å². The molecule has 0 unspecified atom stereocenters. The molecule has 0 heterocycles. The third-order valence-electron chi connectivity index (χ3n) is 4.22. The van der Waals surface area contributed by atoms with Crippen molar-refractivity contribution in [3.63, 3.8) is 0 Å². The molecule has 4 nitrogen and oxygen atoms in total. The van der Waals surface area contributed by atoms with Gasteiger partial charge in [0.15, 0.2) is 6.61 Å². The van der Waals surface area contributed by atoms with Crippen LogP contribution in [0.15, 0.2) is 78.9 Å². The first kappa shape index (κ1) is 19.3. The van der Waals surface area contributed by atoms with Crippen molar-refractivity contribution in [3.05, 3.63) is 101 Å². The van der Waals surface area contributed by atoms with Crippen molar-refractivity contribution in [3.8, 4) is 0 Å². The van der Waals surface area contributed by atoms with Crippen LogP contribution in [0.1, 0.15) is 21.5 Å². The SMILES string of the molecule is Cc1cccc(N(Cc2ccccc2)C(=O)COC(=O)c2ccccc2F)c1. The second kappa shape index (κ2) is 8.95. The summed E-state index contributed by atoms with van der Waals surface area (Å²) >= 11 is 0.